The Morgan fingerprint density at radius 3 is 2.91 bits per heavy atom. The number of nitrogens with zero attached hydrogens (tertiary/aromatic N) is 1. The van der Waals surface area contributed by atoms with Crippen molar-refractivity contribution >= 4 is 17.7 Å². The summed E-state index contributed by atoms with van der Waals surface area (Å²) in [5.74, 6) is 3.37. The number of guanidine groups is 1. The van der Waals surface area contributed by atoms with Gasteiger partial charge in [0.25, 0.3) is 0 Å². The molecule has 3 N–H and O–H groups in total. The first kappa shape index (κ1) is 17.0. The zero-order valence-electron chi connectivity index (χ0n) is 13.3. The third-order valence-corrected chi connectivity index (χ3v) is 4.85. The Morgan fingerprint density at radius 1 is 1.41 bits per heavy atom. The van der Waals surface area contributed by atoms with Crippen molar-refractivity contribution in [2.75, 3.05) is 31.7 Å². The first-order valence-electron chi connectivity index (χ1n) is 7.61. The fourth-order valence-corrected chi connectivity index (χ4v) is 3.62. The van der Waals surface area contributed by atoms with E-state index in [4.69, 9.17) is 4.74 Å². The summed E-state index contributed by atoms with van der Waals surface area (Å²) in [6.07, 6.45) is 0.830. The van der Waals surface area contributed by atoms with Gasteiger partial charge in [-0.05, 0) is 25.2 Å². The van der Waals surface area contributed by atoms with E-state index in [2.05, 4.69) is 15.6 Å². The summed E-state index contributed by atoms with van der Waals surface area (Å²) < 4.78 is 5.34. The van der Waals surface area contributed by atoms with Gasteiger partial charge in [-0.15, -0.1) is 0 Å². The number of hydrogen-bond acceptors (Lipinski definition) is 4. The molecule has 0 spiro atoms. The van der Waals surface area contributed by atoms with Crippen LogP contribution >= 0.6 is 11.8 Å². The lowest BCUT2D eigenvalue weighted by Gasteiger charge is -2.23. The Morgan fingerprint density at radius 2 is 2.23 bits per heavy atom. The van der Waals surface area contributed by atoms with E-state index in [1.54, 1.807) is 18.9 Å². The van der Waals surface area contributed by atoms with Gasteiger partial charge in [0, 0.05) is 24.4 Å². The predicted molar refractivity (Wildman–Crippen MR) is 92.7 cm³/mol. The highest BCUT2D eigenvalue weighted by atomic mass is 32.2. The summed E-state index contributed by atoms with van der Waals surface area (Å²) in [5.41, 5.74) is 0.419. The van der Waals surface area contributed by atoms with E-state index >= 15 is 0 Å². The topological polar surface area (TPSA) is 65.9 Å². The van der Waals surface area contributed by atoms with E-state index in [9.17, 15) is 5.11 Å². The number of benzene rings is 1. The molecule has 0 aliphatic carbocycles. The zero-order valence-corrected chi connectivity index (χ0v) is 14.1. The van der Waals surface area contributed by atoms with Crippen molar-refractivity contribution in [3.8, 4) is 5.75 Å². The Kier molecular flexibility index (Phi) is 6.39. The third kappa shape index (κ3) is 4.81. The predicted octanol–water partition coefficient (Wildman–Crippen LogP) is 1.62. The second-order valence-corrected chi connectivity index (χ2v) is 6.49. The molecule has 0 bridgehead atoms. The van der Waals surface area contributed by atoms with E-state index in [1.807, 2.05) is 31.2 Å². The lowest BCUT2D eigenvalue weighted by atomic mass is 10.0. The van der Waals surface area contributed by atoms with E-state index < -0.39 is 5.60 Å². The highest BCUT2D eigenvalue weighted by molar-refractivity contribution is 7.99. The molecule has 1 fully saturated rings. The number of thioether (sulfide) groups is 1. The lowest BCUT2D eigenvalue weighted by molar-refractivity contribution is 0.0724. The van der Waals surface area contributed by atoms with Gasteiger partial charge in [-0.25, -0.2) is 4.99 Å². The van der Waals surface area contributed by atoms with Crippen LogP contribution in [0.1, 0.15) is 18.9 Å². The third-order valence-electron chi connectivity index (χ3n) is 3.61. The van der Waals surface area contributed by atoms with Crippen LogP contribution in [0.2, 0.25) is 0 Å². The van der Waals surface area contributed by atoms with Crippen molar-refractivity contribution in [2.45, 2.75) is 25.5 Å². The number of ether oxygens (including phenoxy) is 1. The zero-order chi connectivity index (χ0) is 15.8. The van der Waals surface area contributed by atoms with Gasteiger partial charge < -0.3 is 20.5 Å². The minimum Gasteiger partial charge on any atom is -0.496 e. The first-order chi connectivity index (χ1) is 10.7. The molecule has 6 heteroatoms. The SMILES string of the molecule is CCNC(=NCc1ccccc1OC)NCC1(O)CCSC1. The lowest BCUT2D eigenvalue weighted by Crippen LogP contribution is -2.47. The minimum atomic E-state index is -0.620. The van der Waals surface area contributed by atoms with Crippen LogP contribution in [0.3, 0.4) is 0 Å². The number of para-hydroxylation sites is 1. The van der Waals surface area contributed by atoms with Gasteiger partial charge in [-0.1, -0.05) is 18.2 Å². The number of aliphatic hydroxyl groups is 1. The van der Waals surface area contributed by atoms with Gasteiger partial charge in [0.1, 0.15) is 5.75 Å². The van der Waals surface area contributed by atoms with Gasteiger partial charge >= 0.3 is 0 Å². The van der Waals surface area contributed by atoms with Gasteiger partial charge in [0.15, 0.2) is 5.96 Å². The summed E-state index contributed by atoms with van der Waals surface area (Å²) in [6.45, 7) is 3.87. The van der Waals surface area contributed by atoms with Crippen molar-refractivity contribution in [2.24, 2.45) is 4.99 Å². The van der Waals surface area contributed by atoms with Gasteiger partial charge in [-0.3, -0.25) is 0 Å². The molecule has 1 aromatic carbocycles. The summed E-state index contributed by atoms with van der Waals surface area (Å²) in [4.78, 5) is 4.58. The molecule has 22 heavy (non-hydrogen) atoms. The summed E-state index contributed by atoms with van der Waals surface area (Å²) in [5, 5.41) is 16.8. The Balaban J connectivity index is 1.97. The van der Waals surface area contributed by atoms with Crippen LogP contribution < -0.4 is 15.4 Å². The number of rotatable bonds is 6. The molecule has 1 aliphatic rings. The number of aliphatic imine (C=N–C) groups is 1. The van der Waals surface area contributed by atoms with Crippen molar-refractivity contribution in [1.82, 2.24) is 10.6 Å². The monoisotopic (exact) mass is 323 g/mol. The quantitative estimate of drug-likeness (QED) is 0.548. The van der Waals surface area contributed by atoms with Gasteiger partial charge in [-0.2, -0.15) is 11.8 Å². The minimum absolute atomic E-state index is 0.526. The van der Waals surface area contributed by atoms with Crippen LogP contribution in [0.4, 0.5) is 0 Å². The number of methoxy groups -OCH3 is 1. The molecule has 0 amide bonds. The molecular weight excluding hydrogens is 298 g/mol. The highest BCUT2D eigenvalue weighted by Gasteiger charge is 2.31. The fraction of sp³-hybridized carbons (Fsp3) is 0.562. The standard InChI is InChI=1S/C16H25N3O2S/c1-3-17-15(19-11-16(20)8-9-22-12-16)18-10-13-6-4-5-7-14(13)21-2/h4-7,20H,3,8-12H2,1-2H3,(H2,17,18,19). The molecule has 1 aliphatic heterocycles. The second-order valence-electron chi connectivity index (χ2n) is 5.39. The van der Waals surface area contributed by atoms with Crippen molar-refractivity contribution in [3.63, 3.8) is 0 Å². The molecular formula is C16H25N3O2S. The average molecular weight is 323 g/mol. The number of hydrogen-bond donors (Lipinski definition) is 3. The van der Waals surface area contributed by atoms with Gasteiger partial charge in [0.2, 0.25) is 0 Å². The van der Waals surface area contributed by atoms with Crippen LogP contribution in [0.5, 0.6) is 5.75 Å². The van der Waals surface area contributed by atoms with Crippen LogP contribution in [-0.2, 0) is 6.54 Å². The Hall–Kier alpha value is -1.40. The smallest absolute Gasteiger partial charge is 0.191 e. The van der Waals surface area contributed by atoms with Gasteiger partial charge in [0.05, 0.1) is 19.3 Å². The molecule has 1 unspecified atom stereocenters. The van der Waals surface area contributed by atoms with E-state index in [-0.39, 0.29) is 0 Å². The van der Waals surface area contributed by atoms with E-state index in [0.29, 0.717) is 13.1 Å². The largest absolute Gasteiger partial charge is 0.496 e. The molecule has 0 aromatic heterocycles. The maximum atomic E-state index is 10.4. The molecule has 1 heterocycles. The Bertz CT molecular complexity index is 502. The molecule has 1 aromatic rings. The molecule has 0 radical (unpaired) electrons. The van der Waals surface area contributed by atoms with Crippen molar-refractivity contribution < 1.29 is 9.84 Å². The summed E-state index contributed by atoms with van der Waals surface area (Å²) in [7, 11) is 1.67. The van der Waals surface area contributed by atoms with Crippen molar-refractivity contribution in [3.05, 3.63) is 29.8 Å². The van der Waals surface area contributed by atoms with Crippen LogP contribution in [0.25, 0.3) is 0 Å². The average Bonchev–Trinajstić information content (AvgIpc) is 2.97. The molecule has 2 rings (SSSR count). The highest BCUT2D eigenvalue weighted by Crippen LogP contribution is 2.26. The molecule has 122 valence electrons. The summed E-state index contributed by atoms with van der Waals surface area (Å²) >= 11 is 1.79. The van der Waals surface area contributed by atoms with E-state index in [0.717, 1.165) is 41.7 Å². The Labute approximate surface area is 136 Å². The van der Waals surface area contributed by atoms with Crippen molar-refractivity contribution in [1.29, 1.82) is 0 Å². The maximum Gasteiger partial charge on any atom is 0.191 e. The normalized spacial score (nSPS) is 21.7. The van der Waals surface area contributed by atoms with Crippen LogP contribution in [0.15, 0.2) is 29.3 Å². The fourth-order valence-electron chi connectivity index (χ4n) is 2.32. The molecule has 5 nitrogen and oxygen atoms in total. The molecule has 1 saturated heterocycles. The second kappa shape index (κ2) is 8.29. The molecule has 1 atom stereocenters. The maximum absolute atomic E-state index is 10.4. The van der Waals surface area contributed by atoms with E-state index in [1.165, 1.54) is 0 Å². The first-order valence-corrected chi connectivity index (χ1v) is 8.76. The number of nitrogens with one attached hydrogen (secondary N) is 2. The molecule has 0 saturated carbocycles. The summed E-state index contributed by atoms with van der Waals surface area (Å²) in [6, 6.07) is 7.87. The van der Waals surface area contributed by atoms with Crippen LogP contribution in [0, 0.1) is 0 Å². The van der Waals surface area contributed by atoms with Crippen LogP contribution in [-0.4, -0.2) is 48.4 Å².